The van der Waals surface area contributed by atoms with Crippen molar-refractivity contribution < 1.29 is 14.7 Å². The molecule has 0 radical (unpaired) electrons. The summed E-state index contributed by atoms with van der Waals surface area (Å²) in [5.41, 5.74) is 1.20. The highest BCUT2D eigenvalue weighted by atomic mass is 16.4. The summed E-state index contributed by atoms with van der Waals surface area (Å²) in [6, 6.07) is 0.852. The number of carbonyl (C=O) groups is 2. The number of nitrogens with zero attached hydrogens (tertiary/aromatic N) is 2. The Bertz CT molecular complexity index is 480. The quantitative estimate of drug-likeness (QED) is 0.799. The lowest BCUT2D eigenvalue weighted by atomic mass is 10.1. The Morgan fingerprint density at radius 1 is 1.45 bits per heavy atom. The first-order chi connectivity index (χ1) is 9.36. The molecule has 0 saturated carbocycles. The van der Waals surface area contributed by atoms with Gasteiger partial charge >= 0.3 is 5.97 Å². The van der Waals surface area contributed by atoms with Gasteiger partial charge in [0.1, 0.15) is 11.7 Å². The summed E-state index contributed by atoms with van der Waals surface area (Å²) in [4.78, 5) is 23.2. The highest BCUT2D eigenvalue weighted by Gasteiger charge is 2.22. The van der Waals surface area contributed by atoms with E-state index >= 15 is 0 Å². The molecule has 0 fully saturated rings. The molecule has 112 valence electrons. The molecule has 1 unspecified atom stereocenters. The molecule has 0 saturated heterocycles. The minimum atomic E-state index is -1.01. The summed E-state index contributed by atoms with van der Waals surface area (Å²) in [6.07, 6.45) is 2.08. The molecule has 1 atom stereocenters. The van der Waals surface area contributed by atoms with E-state index in [2.05, 4.69) is 10.4 Å². The lowest BCUT2D eigenvalue weighted by molar-refractivity contribution is -0.139. The Balaban J connectivity index is 2.78. The van der Waals surface area contributed by atoms with Crippen LogP contribution in [0.3, 0.4) is 0 Å². The SMILES string of the molecule is CCCCC(NC(=O)c1cc(C(C)C)n(C)n1)C(=O)O. The van der Waals surface area contributed by atoms with E-state index in [-0.39, 0.29) is 11.6 Å². The van der Waals surface area contributed by atoms with Crippen molar-refractivity contribution in [2.75, 3.05) is 0 Å². The van der Waals surface area contributed by atoms with Crippen LogP contribution in [0, 0.1) is 0 Å². The number of amides is 1. The Morgan fingerprint density at radius 2 is 2.10 bits per heavy atom. The molecule has 0 bridgehead atoms. The van der Waals surface area contributed by atoms with Crippen molar-refractivity contribution in [3.05, 3.63) is 17.5 Å². The van der Waals surface area contributed by atoms with Gasteiger partial charge in [0, 0.05) is 12.7 Å². The molecule has 0 aromatic carbocycles. The number of hydrogen-bond donors (Lipinski definition) is 2. The zero-order valence-corrected chi connectivity index (χ0v) is 12.5. The lowest BCUT2D eigenvalue weighted by Gasteiger charge is -2.12. The van der Waals surface area contributed by atoms with Gasteiger partial charge in [-0.15, -0.1) is 0 Å². The molecule has 2 N–H and O–H groups in total. The Morgan fingerprint density at radius 3 is 2.55 bits per heavy atom. The van der Waals surface area contributed by atoms with E-state index < -0.39 is 17.9 Å². The van der Waals surface area contributed by atoms with Gasteiger partial charge in [0.15, 0.2) is 0 Å². The predicted octanol–water partition coefficient (Wildman–Crippen LogP) is 1.92. The molecule has 1 rings (SSSR count). The van der Waals surface area contributed by atoms with E-state index in [1.807, 2.05) is 20.8 Å². The third-order valence-corrected chi connectivity index (χ3v) is 3.19. The number of aryl methyl sites for hydroxylation is 1. The first kappa shape index (κ1) is 16.2. The molecule has 0 spiro atoms. The third-order valence-electron chi connectivity index (χ3n) is 3.19. The first-order valence-corrected chi connectivity index (χ1v) is 6.94. The van der Waals surface area contributed by atoms with E-state index in [1.165, 1.54) is 0 Å². The number of nitrogens with one attached hydrogen (secondary N) is 1. The lowest BCUT2D eigenvalue weighted by Crippen LogP contribution is -2.40. The normalized spacial score (nSPS) is 12.4. The van der Waals surface area contributed by atoms with E-state index in [9.17, 15) is 9.59 Å². The monoisotopic (exact) mass is 281 g/mol. The van der Waals surface area contributed by atoms with E-state index in [1.54, 1.807) is 17.8 Å². The molecule has 1 aromatic heterocycles. The van der Waals surface area contributed by atoms with Gasteiger partial charge in [-0.2, -0.15) is 5.10 Å². The van der Waals surface area contributed by atoms with Gasteiger partial charge in [0.2, 0.25) is 0 Å². The van der Waals surface area contributed by atoms with Gasteiger partial charge in [-0.3, -0.25) is 9.48 Å². The molecule has 1 amide bonds. The number of unbranched alkanes of at least 4 members (excludes halogenated alkanes) is 1. The Labute approximate surface area is 119 Å². The van der Waals surface area contributed by atoms with Crippen LogP contribution in [-0.2, 0) is 11.8 Å². The number of aliphatic carboxylic acids is 1. The molecule has 0 aliphatic heterocycles. The smallest absolute Gasteiger partial charge is 0.326 e. The van der Waals surface area contributed by atoms with E-state index in [0.717, 1.165) is 18.5 Å². The van der Waals surface area contributed by atoms with Gasteiger partial charge in [0.25, 0.3) is 5.91 Å². The van der Waals surface area contributed by atoms with Crippen LogP contribution in [0.1, 0.15) is 62.1 Å². The maximum atomic E-state index is 12.1. The molecule has 20 heavy (non-hydrogen) atoms. The van der Waals surface area contributed by atoms with Gasteiger partial charge in [-0.25, -0.2) is 4.79 Å². The third kappa shape index (κ3) is 4.08. The fraction of sp³-hybridized carbons (Fsp3) is 0.643. The van der Waals surface area contributed by atoms with Crippen molar-refractivity contribution in [3.63, 3.8) is 0 Å². The maximum absolute atomic E-state index is 12.1. The summed E-state index contributed by atoms with van der Waals surface area (Å²) in [5, 5.41) is 15.8. The molecule has 1 heterocycles. The van der Waals surface area contributed by atoms with Crippen LogP contribution >= 0.6 is 0 Å². The summed E-state index contributed by atoms with van der Waals surface area (Å²) in [5.74, 6) is -1.19. The predicted molar refractivity (Wildman–Crippen MR) is 75.7 cm³/mol. The minimum absolute atomic E-state index is 0.254. The van der Waals surface area contributed by atoms with Crippen LogP contribution in [0.15, 0.2) is 6.07 Å². The molecular formula is C14H23N3O3. The zero-order valence-electron chi connectivity index (χ0n) is 12.5. The van der Waals surface area contributed by atoms with Crippen LogP contribution in [0.25, 0.3) is 0 Å². The number of carbonyl (C=O) groups excluding carboxylic acids is 1. The Hall–Kier alpha value is -1.85. The summed E-state index contributed by atoms with van der Waals surface area (Å²) in [7, 11) is 1.78. The maximum Gasteiger partial charge on any atom is 0.326 e. The number of hydrogen-bond acceptors (Lipinski definition) is 3. The molecule has 6 nitrogen and oxygen atoms in total. The minimum Gasteiger partial charge on any atom is -0.480 e. The van der Waals surface area contributed by atoms with Crippen LogP contribution in [0.2, 0.25) is 0 Å². The largest absolute Gasteiger partial charge is 0.480 e. The van der Waals surface area contributed by atoms with Gasteiger partial charge < -0.3 is 10.4 Å². The molecule has 0 aliphatic rings. The molecule has 1 aromatic rings. The average Bonchev–Trinajstić information content (AvgIpc) is 2.76. The number of rotatable bonds is 7. The molecular weight excluding hydrogens is 258 g/mol. The highest BCUT2D eigenvalue weighted by Crippen LogP contribution is 2.15. The molecule has 0 aliphatic carbocycles. The average molecular weight is 281 g/mol. The standard InChI is InChI=1S/C14H23N3O3/c1-5-6-7-10(14(19)20)15-13(18)11-8-12(9(2)3)17(4)16-11/h8-10H,5-7H2,1-4H3,(H,15,18)(H,19,20). The second-order valence-electron chi connectivity index (χ2n) is 5.24. The van der Waals surface area contributed by atoms with Crippen molar-refractivity contribution in [3.8, 4) is 0 Å². The second-order valence-corrected chi connectivity index (χ2v) is 5.24. The Kier molecular flexibility index (Phi) is 5.73. The van der Waals surface area contributed by atoms with Crippen molar-refractivity contribution in [1.29, 1.82) is 0 Å². The van der Waals surface area contributed by atoms with Crippen LogP contribution in [0.5, 0.6) is 0 Å². The van der Waals surface area contributed by atoms with Crippen molar-refractivity contribution in [1.82, 2.24) is 15.1 Å². The van der Waals surface area contributed by atoms with E-state index in [4.69, 9.17) is 5.11 Å². The molecule has 6 heteroatoms. The summed E-state index contributed by atoms with van der Waals surface area (Å²) < 4.78 is 1.65. The summed E-state index contributed by atoms with van der Waals surface area (Å²) >= 11 is 0. The number of aromatic nitrogens is 2. The van der Waals surface area contributed by atoms with Crippen molar-refractivity contribution in [2.24, 2.45) is 7.05 Å². The number of carboxylic acids is 1. The fourth-order valence-corrected chi connectivity index (χ4v) is 2.03. The van der Waals surface area contributed by atoms with Crippen molar-refractivity contribution in [2.45, 2.75) is 52.0 Å². The summed E-state index contributed by atoms with van der Waals surface area (Å²) in [6.45, 7) is 6.01. The second kappa shape index (κ2) is 7.07. The van der Waals surface area contributed by atoms with Crippen LogP contribution in [0.4, 0.5) is 0 Å². The van der Waals surface area contributed by atoms with Gasteiger partial charge in [0.05, 0.1) is 0 Å². The van der Waals surface area contributed by atoms with E-state index in [0.29, 0.717) is 6.42 Å². The highest BCUT2D eigenvalue weighted by molar-refractivity contribution is 5.95. The van der Waals surface area contributed by atoms with Crippen LogP contribution < -0.4 is 5.32 Å². The number of carboxylic acid groups (broad SMARTS) is 1. The topological polar surface area (TPSA) is 84.2 Å². The van der Waals surface area contributed by atoms with Gasteiger partial charge in [-0.05, 0) is 18.4 Å². The fourth-order valence-electron chi connectivity index (χ4n) is 2.03. The van der Waals surface area contributed by atoms with Crippen molar-refractivity contribution >= 4 is 11.9 Å². The first-order valence-electron chi connectivity index (χ1n) is 6.94. The van der Waals surface area contributed by atoms with Gasteiger partial charge in [-0.1, -0.05) is 33.6 Å². The van der Waals surface area contributed by atoms with Crippen LogP contribution in [-0.4, -0.2) is 32.8 Å². The zero-order chi connectivity index (χ0) is 15.3.